The summed E-state index contributed by atoms with van der Waals surface area (Å²) in [7, 11) is 2.99. The van der Waals surface area contributed by atoms with Crippen LogP contribution >= 0.6 is 0 Å². The molecule has 1 aromatic carbocycles. The Morgan fingerprint density at radius 2 is 2.11 bits per heavy atom. The third kappa shape index (κ3) is 1.88. The molecule has 6 heteroatoms. The summed E-state index contributed by atoms with van der Waals surface area (Å²) in [5.74, 6) is 1.30. The molecule has 0 aliphatic rings. The number of carbonyl (C=O) groups is 1. The fourth-order valence-electron chi connectivity index (χ4n) is 1.76. The lowest BCUT2D eigenvalue weighted by Crippen LogP contribution is -1.97. The lowest BCUT2D eigenvalue weighted by atomic mass is 10.0. The zero-order valence-corrected chi connectivity index (χ0v) is 10.1. The average Bonchev–Trinajstić information content (AvgIpc) is 2.83. The van der Waals surface area contributed by atoms with Crippen LogP contribution in [0.1, 0.15) is 10.4 Å². The molecule has 6 nitrogen and oxygen atoms in total. The summed E-state index contributed by atoms with van der Waals surface area (Å²) in [6.45, 7) is 0. The summed E-state index contributed by atoms with van der Waals surface area (Å²) in [6, 6.07) is 3.42. The minimum Gasteiger partial charge on any atom is -0.493 e. The number of benzene rings is 1. The van der Waals surface area contributed by atoms with E-state index in [9.17, 15) is 4.79 Å². The topological polar surface area (TPSA) is 90.2 Å². The second-order valence-electron chi connectivity index (χ2n) is 3.62. The van der Waals surface area contributed by atoms with Gasteiger partial charge >= 0.3 is 0 Å². The Morgan fingerprint density at radius 3 is 2.61 bits per heavy atom. The molecule has 1 heterocycles. The van der Waals surface area contributed by atoms with Crippen molar-refractivity contribution >= 4 is 12.1 Å². The van der Waals surface area contributed by atoms with E-state index in [4.69, 9.17) is 15.2 Å². The standard InChI is InChI=1S/C12H13N3O3/c1-17-10-4-7(9-5-14-15-12(9)13)3-8(6-16)11(10)18-2/h3-6H,1-2H3,(H3,13,14,15). The molecule has 2 aromatic rings. The highest BCUT2D eigenvalue weighted by atomic mass is 16.5. The molecule has 0 atom stereocenters. The molecular weight excluding hydrogens is 234 g/mol. The number of methoxy groups -OCH3 is 2. The summed E-state index contributed by atoms with van der Waals surface area (Å²) >= 11 is 0. The van der Waals surface area contributed by atoms with Crippen molar-refractivity contribution in [1.29, 1.82) is 0 Å². The van der Waals surface area contributed by atoms with Gasteiger partial charge in [0.25, 0.3) is 0 Å². The van der Waals surface area contributed by atoms with Gasteiger partial charge < -0.3 is 15.2 Å². The van der Waals surface area contributed by atoms with Crippen molar-refractivity contribution in [3.8, 4) is 22.6 Å². The zero-order valence-electron chi connectivity index (χ0n) is 10.1. The predicted octanol–water partition coefficient (Wildman–Crippen LogP) is 1.49. The monoisotopic (exact) mass is 247 g/mol. The molecule has 0 aliphatic heterocycles. The number of carbonyl (C=O) groups excluding carboxylic acids is 1. The van der Waals surface area contributed by atoms with Gasteiger partial charge in [0.1, 0.15) is 5.82 Å². The smallest absolute Gasteiger partial charge is 0.171 e. The van der Waals surface area contributed by atoms with Crippen LogP contribution in [0, 0.1) is 0 Å². The van der Waals surface area contributed by atoms with Gasteiger partial charge in [0, 0.05) is 5.56 Å². The molecule has 2 rings (SSSR count). The predicted molar refractivity (Wildman–Crippen MR) is 66.9 cm³/mol. The summed E-state index contributed by atoms with van der Waals surface area (Å²) in [6.07, 6.45) is 2.30. The van der Waals surface area contributed by atoms with Gasteiger partial charge in [-0.15, -0.1) is 0 Å². The van der Waals surface area contributed by atoms with E-state index in [1.807, 2.05) is 0 Å². The number of H-pyrrole nitrogens is 1. The summed E-state index contributed by atoms with van der Waals surface area (Å²) in [5.41, 5.74) is 7.59. The van der Waals surface area contributed by atoms with Crippen LogP contribution in [0.4, 0.5) is 5.82 Å². The normalized spacial score (nSPS) is 10.1. The molecule has 18 heavy (non-hydrogen) atoms. The number of hydrogen-bond donors (Lipinski definition) is 2. The molecule has 0 unspecified atom stereocenters. The first-order valence-electron chi connectivity index (χ1n) is 5.21. The lowest BCUT2D eigenvalue weighted by Gasteiger charge is -2.11. The van der Waals surface area contributed by atoms with E-state index in [2.05, 4.69) is 10.2 Å². The number of rotatable bonds is 4. The largest absolute Gasteiger partial charge is 0.493 e. The van der Waals surface area contributed by atoms with Gasteiger partial charge in [-0.1, -0.05) is 0 Å². The molecule has 94 valence electrons. The second-order valence-corrected chi connectivity index (χ2v) is 3.62. The molecule has 0 saturated carbocycles. The second kappa shape index (κ2) is 4.79. The van der Waals surface area contributed by atoms with Crippen LogP contribution in [0.15, 0.2) is 18.3 Å². The highest BCUT2D eigenvalue weighted by molar-refractivity contribution is 5.86. The van der Waals surface area contributed by atoms with Crippen molar-refractivity contribution in [2.75, 3.05) is 20.0 Å². The lowest BCUT2D eigenvalue weighted by molar-refractivity contribution is 0.112. The highest BCUT2D eigenvalue weighted by Gasteiger charge is 2.14. The molecule has 0 aliphatic carbocycles. The maximum Gasteiger partial charge on any atom is 0.171 e. The zero-order chi connectivity index (χ0) is 13.1. The Morgan fingerprint density at radius 1 is 1.33 bits per heavy atom. The molecule has 0 saturated heterocycles. The molecule has 0 spiro atoms. The molecule has 3 N–H and O–H groups in total. The van der Waals surface area contributed by atoms with Crippen LogP contribution in [0.3, 0.4) is 0 Å². The van der Waals surface area contributed by atoms with Gasteiger partial charge in [-0.25, -0.2) is 0 Å². The number of aromatic nitrogens is 2. The number of hydrogen-bond acceptors (Lipinski definition) is 5. The van der Waals surface area contributed by atoms with Gasteiger partial charge in [0.2, 0.25) is 0 Å². The molecule has 0 bridgehead atoms. The van der Waals surface area contributed by atoms with Gasteiger partial charge in [-0.05, 0) is 17.7 Å². The van der Waals surface area contributed by atoms with Gasteiger partial charge in [0.05, 0.1) is 26.0 Å². The van der Waals surface area contributed by atoms with E-state index in [1.54, 1.807) is 18.3 Å². The number of nitrogens with zero attached hydrogens (tertiary/aromatic N) is 1. The van der Waals surface area contributed by atoms with E-state index >= 15 is 0 Å². The summed E-state index contributed by atoms with van der Waals surface area (Å²) < 4.78 is 10.4. The highest BCUT2D eigenvalue weighted by Crippen LogP contribution is 2.36. The van der Waals surface area contributed by atoms with Crippen LogP contribution in [0.2, 0.25) is 0 Å². The SMILES string of the molecule is COc1cc(-c2cn[nH]c2N)cc(C=O)c1OC. The number of aromatic amines is 1. The number of nitrogens with two attached hydrogens (primary N) is 1. The molecule has 0 fully saturated rings. The van der Waals surface area contributed by atoms with E-state index < -0.39 is 0 Å². The van der Waals surface area contributed by atoms with Crippen molar-refractivity contribution in [3.05, 3.63) is 23.9 Å². The number of anilines is 1. The van der Waals surface area contributed by atoms with E-state index in [1.165, 1.54) is 14.2 Å². The van der Waals surface area contributed by atoms with Crippen molar-refractivity contribution in [2.45, 2.75) is 0 Å². The van der Waals surface area contributed by atoms with E-state index in [0.29, 0.717) is 34.7 Å². The Labute approximate surface area is 104 Å². The summed E-state index contributed by atoms with van der Waals surface area (Å²) in [4.78, 5) is 11.1. The van der Waals surface area contributed by atoms with Crippen LogP contribution in [0.25, 0.3) is 11.1 Å². The Kier molecular flexibility index (Phi) is 3.18. The third-order valence-corrected chi connectivity index (χ3v) is 2.61. The molecule has 0 amide bonds. The van der Waals surface area contributed by atoms with Gasteiger partial charge in [0.15, 0.2) is 17.8 Å². The third-order valence-electron chi connectivity index (χ3n) is 2.61. The van der Waals surface area contributed by atoms with Crippen LogP contribution < -0.4 is 15.2 Å². The van der Waals surface area contributed by atoms with Crippen molar-refractivity contribution in [3.63, 3.8) is 0 Å². The average molecular weight is 247 g/mol. The quantitative estimate of drug-likeness (QED) is 0.799. The first-order chi connectivity index (χ1) is 8.71. The van der Waals surface area contributed by atoms with Gasteiger partial charge in [-0.3, -0.25) is 9.89 Å². The molecular formula is C12H13N3O3. The molecule has 1 aromatic heterocycles. The Balaban J connectivity index is 2.64. The number of ether oxygens (including phenoxy) is 2. The fourth-order valence-corrected chi connectivity index (χ4v) is 1.76. The van der Waals surface area contributed by atoms with Gasteiger partial charge in [-0.2, -0.15) is 5.10 Å². The minimum absolute atomic E-state index is 0.396. The van der Waals surface area contributed by atoms with Crippen molar-refractivity contribution < 1.29 is 14.3 Å². The minimum atomic E-state index is 0.396. The van der Waals surface area contributed by atoms with Crippen molar-refractivity contribution in [1.82, 2.24) is 10.2 Å². The van der Waals surface area contributed by atoms with Crippen LogP contribution in [0.5, 0.6) is 11.5 Å². The summed E-state index contributed by atoms with van der Waals surface area (Å²) in [5, 5.41) is 6.48. The van der Waals surface area contributed by atoms with Crippen LogP contribution in [-0.2, 0) is 0 Å². The Bertz CT molecular complexity index is 578. The van der Waals surface area contributed by atoms with Crippen LogP contribution in [-0.4, -0.2) is 30.7 Å². The van der Waals surface area contributed by atoms with E-state index in [-0.39, 0.29) is 0 Å². The first-order valence-corrected chi connectivity index (χ1v) is 5.21. The van der Waals surface area contributed by atoms with Crippen molar-refractivity contribution in [2.24, 2.45) is 0 Å². The maximum atomic E-state index is 11.1. The van der Waals surface area contributed by atoms with E-state index in [0.717, 1.165) is 5.56 Å². The number of nitrogen functional groups attached to an aromatic ring is 1. The first kappa shape index (κ1) is 12.0. The molecule has 0 radical (unpaired) electrons. The number of aldehydes is 1. The maximum absolute atomic E-state index is 11.1. The number of nitrogens with one attached hydrogen (secondary N) is 1. The fraction of sp³-hybridized carbons (Fsp3) is 0.167. The Hall–Kier alpha value is -2.50.